The van der Waals surface area contributed by atoms with Gasteiger partial charge in [-0.1, -0.05) is 6.07 Å². The SMILES string of the molecule is O=C(NCCN1C(=O)S/C(=C\c2ccc3c(c2)OCO3)C1=O)c1ccc(F)cc1Br. The maximum absolute atomic E-state index is 13.1. The number of fused-ring (bicyclic) bond motifs is 1. The second kappa shape index (κ2) is 8.49. The van der Waals surface area contributed by atoms with Crippen molar-refractivity contribution in [2.45, 2.75) is 0 Å². The summed E-state index contributed by atoms with van der Waals surface area (Å²) in [5, 5.41) is 2.21. The van der Waals surface area contributed by atoms with Crippen LogP contribution < -0.4 is 14.8 Å². The molecular formula is C20H14BrFN2O5S. The summed E-state index contributed by atoms with van der Waals surface area (Å²) in [4.78, 5) is 38.4. The van der Waals surface area contributed by atoms with Gasteiger partial charge in [-0.25, -0.2) is 4.39 Å². The zero-order valence-electron chi connectivity index (χ0n) is 15.3. The number of carbonyl (C=O) groups excluding carboxylic acids is 3. The Morgan fingerprint density at radius 3 is 2.80 bits per heavy atom. The summed E-state index contributed by atoms with van der Waals surface area (Å²) in [6.45, 7) is 0.237. The van der Waals surface area contributed by atoms with Gasteiger partial charge in [0.05, 0.1) is 10.5 Å². The predicted octanol–water partition coefficient (Wildman–Crippen LogP) is 3.78. The lowest BCUT2D eigenvalue weighted by molar-refractivity contribution is -0.122. The molecule has 0 aliphatic carbocycles. The molecule has 1 saturated heterocycles. The summed E-state index contributed by atoms with van der Waals surface area (Å²) in [6.07, 6.45) is 1.61. The van der Waals surface area contributed by atoms with Crippen LogP contribution >= 0.6 is 27.7 Å². The fourth-order valence-electron chi connectivity index (χ4n) is 2.90. The number of amides is 3. The van der Waals surface area contributed by atoms with Gasteiger partial charge in [-0.3, -0.25) is 19.3 Å². The number of imide groups is 1. The highest BCUT2D eigenvalue weighted by Crippen LogP contribution is 2.36. The number of rotatable bonds is 5. The highest BCUT2D eigenvalue weighted by atomic mass is 79.9. The van der Waals surface area contributed by atoms with Crippen LogP contribution in [-0.4, -0.2) is 41.8 Å². The molecule has 1 fully saturated rings. The van der Waals surface area contributed by atoms with E-state index in [0.717, 1.165) is 16.7 Å². The molecule has 0 spiro atoms. The molecule has 7 nitrogen and oxygen atoms in total. The molecule has 2 aliphatic rings. The molecule has 1 N–H and O–H groups in total. The lowest BCUT2D eigenvalue weighted by atomic mass is 10.2. The van der Waals surface area contributed by atoms with Gasteiger partial charge in [-0.2, -0.15) is 0 Å². The molecule has 0 atom stereocenters. The maximum Gasteiger partial charge on any atom is 0.293 e. The molecule has 0 saturated carbocycles. The minimum Gasteiger partial charge on any atom is -0.454 e. The second-order valence-corrected chi connectivity index (χ2v) is 8.17. The molecule has 4 rings (SSSR count). The van der Waals surface area contributed by atoms with E-state index < -0.39 is 22.9 Å². The molecule has 2 aliphatic heterocycles. The Labute approximate surface area is 183 Å². The number of carbonyl (C=O) groups is 3. The molecule has 10 heteroatoms. The van der Waals surface area contributed by atoms with Gasteiger partial charge >= 0.3 is 0 Å². The number of benzene rings is 2. The van der Waals surface area contributed by atoms with Gasteiger partial charge in [0.15, 0.2) is 11.5 Å². The van der Waals surface area contributed by atoms with Gasteiger partial charge in [0.25, 0.3) is 17.1 Å². The third kappa shape index (κ3) is 4.19. The molecule has 0 bridgehead atoms. The molecule has 2 aromatic rings. The van der Waals surface area contributed by atoms with Gasteiger partial charge < -0.3 is 14.8 Å². The summed E-state index contributed by atoms with van der Waals surface area (Å²) in [5.41, 5.74) is 0.965. The number of hydrogen-bond donors (Lipinski definition) is 1. The van der Waals surface area contributed by atoms with Crippen LogP contribution in [0.25, 0.3) is 6.08 Å². The molecule has 30 heavy (non-hydrogen) atoms. The maximum atomic E-state index is 13.1. The van der Waals surface area contributed by atoms with Crippen LogP contribution in [0.2, 0.25) is 0 Å². The number of nitrogens with one attached hydrogen (secondary N) is 1. The molecule has 0 aromatic heterocycles. The number of nitrogens with zero attached hydrogens (tertiary/aromatic N) is 1. The number of thioether (sulfide) groups is 1. The first kappa shape index (κ1) is 20.4. The number of ether oxygens (including phenoxy) is 2. The minimum absolute atomic E-state index is 0.0215. The third-order valence-electron chi connectivity index (χ3n) is 4.36. The Morgan fingerprint density at radius 1 is 1.20 bits per heavy atom. The lowest BCUT2D eigenvalue weighted by Gasteiger charge is -2.13. The quantitative estimate of drug-likeness (QED) is 0.639. The molecule has 2 heterocycles. The van der Waals surface area contributed by atoms with Crippen LogP contribution in [-0.2, 0) is 4.79 Å². The van der Waals surface area contributed by atoms with Crippen molar-refractivity contribution in [2.24, 2.45) is 0 Å². The van der Waals surface area contributed by atoms with Crippen molar-refractivity contribution in [3.63, 3.8) is 0 Å². The standard InChI is InChI=1S/C20H14BrFN2O5S/c21-14-9-12(22)2-3-13(14)18(25)23-5-6-24-19(26)17(30-20(24)27)8-11-1-4-15-16(7-11)29-10-28-15/h1-4,7-9H,5-6,10H2,(H,23,25)/b17-8-. The fourth-order valence-corrected chi connectivity index (χ4v) is 4.29. The summed E-state index contributed by atoms with van der Waals surface area (Å²) >= 11 is 3.97. The summed E-state index contributed by atoms with van der Waals surface area (Å²) in [7, 11) is 0. The van der Waals surface area contributed by atoms with E-state index in [1.165, 1.54) is 18.2 Å². The van der Waals surface area contributed by atoms with Crippen molar-refractivity contribution in [3.05, 3.63) is 62.7 Å². The topological polar surface area (TPSA) is 84.9 Å². The molecule has 0 radical (unpaired) electrons. The van der Waals surface area contributed by atoms with Gasteiger partial charge in [0.2, 0.25) is 6.79 Å². The lowest BCUT2D eigenvalue weighted by Crippen LogP contribution is -2.37. The van der Waals surface area contributed by atoms with Crippen LogP contribution in [0.5, 0.6) is 11.5 Å². The smallest absolute Gasteiger partial charge is 0.293 e. The third-order valence-corrected chi connectivity index (χ3v) is 5.93. The normalized spacial score (nSPS) is 16.5. The largest absolute Gasteiger partial charge is 0.454 e. The van der Waals surface area contributed by atoms with Crippen LogP contribution in [0.1, 0.15) is 15.9 Å². The van der Waals surface area contributed by atoms with Crippen molar-refractivity contribution < 1.29 is 28.2 Å². The molecular weight excluding hydrogens is 479 g/mol. The average molecular weight is 493 g/mol. The van der Waals surface area contributed by atoms with E-state index in [4.69, 9.17) is 9.47 Å². The van der Waals surface area contributed by atoms with E-state index in [1.54, 1.807) is 24.3 Å². The summed E-state index contributed by atoms with van der Waals surface area (Å²) in [6, 6.07) is 8.95. The van der Waals surface area contributed by atoms with Crippen LogP contribution in [0, 0.1) is 5.82 Å². The van der Waals surface area contributed by atoms with E-state index in [9.17, 15) is 18.8 Å². The van der Waals surface area contributed by atoms with E-state index in [0.29, 0.717) is 21.5 Å². The van der Waals surface area contributed by atoms with E-state index in [2.05, 4.69) is 21.2 Å². The Hall–Kier alpha value is -2.85. The Bertz CT molecular complexity index is 1090. The number of halogens is 2. The van der Waals surface area contributed by atoms with Gasteiger partial charge in [0, 0.05) is 17.6 Å². The monoisotopic (exact) mass is 492 g/mol. The van der Waals surface area contributed by atoms with Gasteiger partial charge in [0.1, 0.15) is 5.82 Å². The molecule has 0 unspecified atom stereocenters. The highest BCUT2D eigenvalue weighted by molar-refractivity contribution is 9.10. The minimum atomic E-state index is -0.467. The van der Waals surface area contributed by atoms with Crippen molar-refractivity contribution in [3.8, 4) is 11.5 Å². The summed E-state index contributed by atoms with van der Waals surface area (Å²) in [5.74, 6) is -0.128. The highest BCUT2D eigenvalue weighted by Gasteiger charge is 2.34. The summed E-state index contributed by atoms with van der Waals surface area (Å²) < 4.78 is 24.0. The second-order valence-electron chi connectivity index (χ2n) is 6.33. The van der Waals surface area contributed by atoms with E-state index in [-0.39, 0.29) is 30.4 Å². The Morgan fingerprint density at radius 2 is 2.00 bits per heavy atom. The Kier molecular flexibility index (Phi) is 5.78. The van der Waals surface area contributed by atoms with Crippen molar-refractivity contribution in [1.82, 2.24) is 10.2 Å². The molecule has 3 amide bonds. The zero-order valence-corrected chi connectivity index (χ0v) is 17.7. The first-order valence-corrected chi connectivity index (χ1v) is 10.4. The van der Waals surface area contributed by atoms with E-state index in [1.807, 2.05) is 0 Å². The van der Waals surface area contributed by atoms with Crippen molar-refractivity contribution in [2.75, 3.05) is 19.9 Å². The molecule has 154 valence electrons. The Balaban J connectivity index is 1.38. The fraction of sp³-hybridized carbons (Fsp3) is 0.150. The van der Waals surface area contributed by atoms with Gasteiger partial charge in [-0.15, -0.1) is 0 Å². The van der Waals surface area contributed by atoms with Crippen LogP contribution in [0.4, 0.5) is 9.18 Å². The predicted molar refractivity (Wildman–Crippen MR) is 112 cm³/mol. The van der Waals surface area contributed by atoms with Crippen molar-refractivity contribution in [1.29, 1.82) is 0 Å². The van der Waals surface area contributed by atoms with E-state index >= 15 is 0 Å². The number of hydrogen-bond acceptors (Lipinski definition) is 6. The van der Waals surface area contributed by atoms with Crippen molar-refractivity contribution >= 4 is 50.8 Å². The first-order valence-electron chi connectivity index (χ1n) is 8.80. The van der Waals surface area contributed by atoms with Gasteiger partial charge in [-0.05, 0) is 69.7 Å². The van der Waals surface area contributed by atoms with Crippen LogP contribution in [0.15, 0.2) is 45.8 Å². The zero-order chi connectivity index (χ0) is 21.3. The molecule has 2 aromatic carbocycles. The van der Waals surface area contributed by atoms with Crippen LogP contribution in [0.3, 0.4) is 0 Å². The average Bonchev–Trinajstić information content (AvgIpc) is 3.27. The first-order chi connectivity index (χ1) is 14.4.